The van der Waals surface area contributed by atoms with Crippen LogP contribution in [0.15, 0.2) is 35.7 Å². The van der Waals surface area contributed by atoms with Crippen molar-refractivity contribution in [1.82, 2.24) is 4.90 Å². The third-order valence-corrected chi connectivity index (χ3v) is 5.49. The monoisotopic (exact) mass is 375 g/mol. The molecule has 3 rings (SSSR count). The van der Waals surface area contributed by atoms with E-state index in [9.17, 15) is 4.79 Å². The van der Waals surface area contributed by atoms with E-state index in [1.807, 2.05) is 23.1 Å². The fourth-order valence-electron chi connectivity index (χ4n) is 3.14. The smallest absolute Gasteiger partial charge is 0.260 e. The maximum absolute atomic E-state index is 12.2. The van der Waals surface area contributed by atoms with E-state index in [4.69, 9.17) is 9.47 Å². The second kappa shape index (κ2) is 9.59. The Morgan fingerprint density at radius 3 is 2.73 bits per heavy atom. The first-order valence-corrected chi connectivity index (χ1v) is 10.1. The molecule has 2 N–H and O–H groups in total. The van der Waals surface area contributed by atoms with Crippen LogP contribution in [0, 0.1) is 0 Å². The molecule has 26 heavy (non-hydrogen) atoms. The molecule has 1 amide bonds. The van der Waals surface area contributed by atoms with Crippen molar-refractivity contribution in [2.45, 2.75) is 32.4 Å². The zero-order valence-electron chi connectivity index (χ0n) is 15.3. The first-order chi connectivity index (χ1) is 12.8. The lowest BCUT2D eigenvalue weighted by atomic mass is 10.1. The maximum atomic E-state index is 12.2. The van der Waals surface area contributed by atoms with Crippen LogP contribution in [0.1, 0.15) is 29.7 Å². The highest BCUT2D eigenvalue weighted by atomic mass is 32.1. The molecule has 1 saturated heterocycles. The van der Waals surface area contributed by atoms with Gasteiger partial charge in [-0.15, -0.1) is 11.3 Å². The SMILES string of the molecule is COc1cc(C[NH2+]Cc2cccs2)ccc1OCC(=O)N1CCCCC1. The average Bonchev–Trinajstić information content (AvgIpc) is 3.20. The number of rotatable bonds is 8. The molecule has 1 aromatic carbocycles. The molecule has 140 valence electrons. The number of nitrogens with two attached hydrogens (primary N) is 1. The van der Waals surface area contributed by atoms with Crippen molar-refractivity contribution in [3.05, 3.63) is 46.2 Å². The molecule has 6 heteroatoms. The van der Waals surface area contributed by atoms with Gasteiger partial charge >= 0.3 is 0 Å². The van der Waals surface area contributed by atoms with Crippen molar-refractivity contribution in [1.29, 1.82) is 0 Å². The molecule has 5 nitrogen and oxygen atoms in total. The number of nitrogens with zero attached hydrogens (tertiary/aromatic N) is 1. The topological polar surface area (TPSA) is 55.4 Å². The molecule has 0 aliphatic carbocycles. The molecule has 1 aliphatic heterocycles. The number of piperidine rings is 1. The molecule has 1 aliphatic rings. The molecular weight excluding hydrogens is 348 g/mol. The molecule has 0 spiro atoms. The number of carbonyl (C=O) groups excluding carboxylic acids is 1. The minimum Gasteiger partial charge on any atom is -0.493 e. The third-order valence-electron chi connectivity index (χ3n) is 4.59. The minimum atomic E-state index is 0.0557. The fraction of sp³-hybridized carbons (Fsp3) is 0.450. The first-order valence-electron chi connectivity index (χ1n) is 9.18. The van der Waals surface area contributed by atoms with Gasteiger partial charge in [0.25, 0.3) is 5.91 Å². The van der Waals surface area contributed by atoms with Gasteiger partial charge in [0.05, 0.1) is 12.0 Å². The zero-order chi connectivity index (χ0) is 18.2. The van der Waals surface area contributed by atoms with Gasteiger partial charge in [-0.2, -0.15) is 0 Å². The Bertz CT molecular complexity index is 697. The Morgan fingerprint density at radius 1 is 1.15 bits per heavy atom. The Labute approximate surface area is 158 Å². The Morgan fingerprint density at radius 2 is 2.00 bits per heavy atom. The van der Waals surface area contributed by atoms with E-state index >= 15 is 0 Å². The zero-order valence-corrected chi connectivity index (χ0v) is 16.1. The van der Waals surface area contributed by atoms with Crippen LogP contribution in [0.2, 0.25) is 0 Å². The van der Waals surface area contributed by atoms with E-state index in [2.05, 4.69) is 22.8 Å². The van der Waals surface area contributed by atoms with Crippen LogP contribution < -0.4 is 14.8 Å². The Kier molecular flexibility index (Phi) is 6.91. The van der Waals surface area contributed by atoms with Gasteiger partial charge in [0.15, 0.2) is 18.1 Å². The summed E-state index contributed by atoms with van der Waals surface area (Å²) < 4.78 is 11.2. The number of ether oxygens (including phenoxy) is 2. The minimum absolute atomic E-state index is 0.0557. The number of hydrogen-bond acceptors (Lipinski definition) is 4. The number of carbonyl (C=O) groups is 1. The number of amides is 1. The van der Waals surface area contributed by atoms with Crippen LogP contribution in [0.4, 0.5) is 0 Å². The average molecular weight is 376 g/mol. The standard InChI is InChI=1S/C20H26N2O3S/c1-24-19-12-16(13-21-14-17-6-5-11-26-17)7-8-18(19)25-15-20(23)22-9-3-2-4-10-22/h5-8,11-12,21H,2-4,9-10,13-15H2,1H3/p+1. The normalized spacial score (nSPS) is 14.3. The highest BCUT2D eigenvalue weighted by Gasteiger charge is 2.17. The second-order valence-electron chi connectivity index (χ2n) is 6.49. The lowest BCUT2D eigenvalue weighted by Crippen LogP contribution is -2.80. The summed E-state index contributed by atoms with van der Waals surface area (Å²) in [5, 5.41) is 4.37. The number of thiophene rings is 1. The van der Waals surface area contributed by atoms with E-state index in [-0.39, 0.29) is 12.5 Å². The van der Waals surface area contributed by atoms with Gasteiger partial charge in [0.1, 0.15) is 13.1 Å². The first kappa shape index (κ1) is 18.7. The fourth-order valence-corrected chi connectivity index (χ4v) is 3.85. The summed E-state index contributed by atoms with van der Waals surface area (Å²) in [4.78, 5) is 15.5. The van der Waals surface area contributed by atoms with Crippen molar-refractivity contribution in [2.24, 2.45) is 0 Å². The summed E-state index contributed by atoms with van der Waals surface area (Å²) in [6.07, 6.45) is 3.39. The maximum Gasteiger partial charge on any atom is 0.260 e. The lowest BCUT2D eigenvalue weighted by Gasteiger charge is -2.26. The van der Waals surface area contributed by atoms with E-state index in [0.29, 0.717) is 11.5 Å². The molecule has 0 unspecified atom stereocenters. The number of benzene rings is 1. The molecular formula is C20H27N2O3S+. The van der Waals surface area contributed by atoms with Gasteiger partial charge in [-0.05, 0) is 48.9 Å². The van der Waals surface area contributed by atoms with Crippen LogP contribution in [-0.2, 0) is 17.9 Å². The Hall–Kier alpha value is -2.05. The number of methoxy groups -OCH3 is 1. The van der Waals surface area contributed by atoms with E-state index in [1.54, 1.807) is 18.4 Å². The second-order valence-corrected chi connectivity index (χ2v) is 7.52. The van der Waals surface area contributed by atoms with Crippen molar-refractivity contribution < 1.29 is 19.6 Å². The molecule has 0 radical (unpaired) electrons. The molecule has 1 fully saturated rings. The largest absolute Gasteiger partial charge is 0.493 e. The Balaban J connectivity index is 1.51. The molecule has 0 atom stereocenters. The lowest BCUT2D eigenvalue weighted by molar-refractivity contribution is -0.685. The van der Waals surface area contributed by atoms with Crippen molar-refractivity contribution >= 4 is 17.2 Å². The quantitative estimate of drug-likeness (QED) is 0.771. The van der Waals surface area contributed by atoms with Gasteiger partial charge in [-0.1, -0.05) is 6.07 Å². The molecule has 2 heterocycles. The van der Waals surface area contributed by atoms with Gasteiger partial charge < -0.3 is 19.7 Å². The highest BCUT2D eigenvalue weighted by molar-refractivity contribution is 7.09. The van der Waals surface area contributed by atoms with Gasteiger partial charge in [-0.25, -0.2) is 0 Å². The van der Waals surface area contributed by atoms with Crippen LogP contribution in [0.3, 0.4) is 0 Å². The number of quaternary nitrogens is 1. The number of likely N-dealkylation sites (tertiary alicyclic amines) is 1. The number of hydrogen-bond donors (Lipinski definition) is 1. The molecule has 0 bridgehead atoms. The van der Waals surface area contributed by atoms with Crippen LogP contribution >= 0.6 is 11.3 Å². The van der Waals surface area contributed by atoms with E-state index in [1.165, 1.54) is 16.9 Å². The summed E-state index contributed by atoms with van der Waals surface area (Å²) in [7, 11) is 1.63. The van der Waals surface area contributed by atoms with Crippen molar-refractivity contribution in [3.63, 3.8) is 0 Å². The molecule has 1 aromatic heterocycles. The summed E-state index contributed by atoms with van der Waals surface area (Å²) >= 11 is 1.78. The summed E-state index contributed by atoms with van der Waals surface area (Å²) in [5.74, 6) is 1.36. The van der Waals surface area contributed by atoms with Gasteiger partial charge in [0, 0.05) is 18.7 Å². The molecule has 2 aromatic rings. The van der Waals surface area contributed by atoms with E-state index in [0.717, 1.165) is 39.0 Å². The van der Waals surface area contributed by atoms with Crippen LogP contribution in [-0.4, -0.2) is 37.6 Å². The third kappa shape index (κ3) is 5.22. The summed E-state index contributed by atoms with van der Waals surface area (Å²) in [6.45, 7) is 3.61. The molecule has 0 saturated carbocycles. The van der Waals surface area contributed by atoms with E-state index < -0.39 is 0 Å². The van der Waals surface area contributed by atoms with Crippen molar-refractivity contribution in [2.75, 3.05) is 26.8 Å². The predicted octanol–water partition coefficient (Wildman–Crippen LogP) is 2.41. The van der Waals surface area contributed by atoms with Crippen LogP contribution in [0.25, 0.3) is 0 Å². The van der Waals surface area contributed by atoms with Crippen LogP contribution in [0.5, 0.6) is 11.5 Å². The van der Waals surface area contributed by atoms with Gasteiger partial charge in [0.2, 0.25) is 0 Å². The van der Waals surface area contributed by atoms with Crippen molar-refractivity contribution in [3.8, 4) is 11.5 Å². The highest BCUT2D eigenvalue weighted by Crippen LogP contribution is 2.28. The predicted molar refractivity (Wildman–Crippen MR) is 103 cm³/mol. The summed E-state index contributed by atoms with van der Waals surface area (Å²) in [6, 6.07) is 10.2. The summed E-state index contributed by atoms with van der Waals surface area (Å²) in [5.41, 5.74) is 1.17. The van der Waals surface area contributed by atoms with Gasteiger partial charge in [-0.3, -0.25) is 4.79 Å².